The molecule has 2 aliphatic heterocycles. The maximum atomic E-state index is 7.01. The van der Waals surface area contributed by atoms with Gasteiger partial charge < -0.3 is 28.2 Å². The molecule has 4 aromatic carbocycles. The Morgan fingerprint density at radius 3 is 1.82 bits per heavy atom. The highest BCUT2D eigenvalue weighted by atomic mass is 31.1. The van der Waals surface area contributed by atoms with Crippen LogP contribution in [0.15, 0.2) is 121 Å². The van der Waals surface area contributed by atoms with E-state index >= 15 is 0 Å². The second-order valence-electron chi connectivity index (χ2n) is 9.39. The van der Waals surface area contributed by atoms with Crippen LogP contribution in [0.1, 0.15) is 11.9 Å². The topological polar surface area (TPSA) is 55.4 Å². The molecule has 6 atom stereocenters. The third-order valence-corrected chi connectivity index (χ3v) is 8.82. The van der Waals surface area contributed by atoms with Crippen LogP contribution in [-0.4, -0.2) is 44.4 Å². The van der Waals surface area contributed by atoms with Gasteiger partial charge in [-0.15, -0.1) is 0 Å². The number of hydrogen-bond donors (Lipinski definition) is 0. The fraction of sp³-hybridized carbons (Fsp3) is 0.250. The van der Waals surface area contributed by atoms with Crippen molar-refractivity contribution in [2.24, 2.45) is 0 Å². The summed E-state index contributed by atoms with van der Waals surface area (Å²) in [4.78, 5) is 0. The molecule has 4 aromatic rings. The van der Waals surface area contributed by atoms with Crippen LogP contribution >= 0.6 is 8.15 Å². The van der Waals surface area contributed by atoms with Gasteiger partial charge in [-0.1, -0.05) is 109 Å². The molecule has 2 heterocycles. The number of rotatable bonds is 8. The molecule has 6 unspecified atom stereocenters. The van der Waals surface area contributed by atoms with Crippen molar-refractivity contribution in [1.82, 2.24) is 0 Å². The SMILES string of the molecule is COC1C2OC(c3ccccc3)OCC2OC(Oc2ccccc2)C1OP(c1ccccc1)c1ccccc1. The largest absolute Gasteiger partial charge is 0.462 e. The van der Waals surface area contributed by atoms with Gasteiger partial charge in [0.15, 0.2) is 12.4 Å². The molecule has 2 saturated heterocycles. The van der Waals surface area contributed by atoms with Gasteiger partial charge in [0.1, 0.15) is 24.1 Å². The Morgan fingerprint density at radius 1 is 0.667 bits per heavy atom. The van der Waals surface area contributed by atoms with Gasteiger partial charge in [0, 0.05) is 23.3 Å². The summed E-state index contributed by atoms with van der Waals surface area (Å²) in [5.41, 5.74) is 0.946. The average Bonchev–Trinajstić information content (AvgIpc) is 3.01. The van der Waals surface area contributed by atoms with E-state index in [-0.39, 0.29) is 6.10 Å². The molecule has 0 aromatic heterocycles. The van der Waals surface area contributed by atoms with E-state index in [9.17, 15) is 0 Å². The van der Waals surface area contributed by atoms with Crippen molar-refractivity contribution in [3.05, 3.63) is 127 Å². The number of methoxy groups -OCH3 is 1. The van der Waals surface area contributed by atoms with E-state index in [1.807, 2.05) is 97.1 Å². The van der Waals surface area contributed by atoms with E-state index < -0.39 is 39.0 Å². The van der Waals surface area contributed by atoms with E-state index in [0.29, 0.717) is 12.4 Å². The number of fused-ring (bicyclic) bond motifs is 1. The second-order valence-corrected chi connectivity index (χ2v) is 11.2. The van der Waals surface area contributed by atoms with Crippen molar-refractivity contribution in [2.45, 2.75) is 37.0 Å². The number of benzene rings is 4. The highest BCUT2D eigenvalue weighted by Gasteiger charge is 2.53. The van der Waals surface area contributed by atoms with E-state index in [2.05, 4.69) is 24.3 Å². The minimum Gasteiger partial charge on any atom is -0.462 e. The predicted molar refractivity (Wildman–Crippen MR) is 150 cm³/mol. The molecule has 200 valence electrons. The first-order chi connectivity index (χ1) is 19.3. The van der Waals surface area contributed by atoms with Crippen LogP contribution in [0.4, 0.5) is 0 Å². The number of ether oxygens (including phenoxy) is 5. The maximum Gasteiger partial charge on any atom is 0.229 e. The summed E-state index contributed by atoms with van der Waals surface area (Å²) < 4.78 is 38.7. The lowest BCUT2D eigenvalue weighted by atomic mass is 9.97. The van der Waals surface area contributed by atoms with Crippen molar-refractivity contribution in [3.63, 3.8) is 0 Å². The molecule has 0 radical (unpaired) electrons. The summed E-state index contributed by atoms with van der Waals surface area (Å²) in [5, 5.41) is 2.17. The second kappa shape index (κ2) is 12.4. The zero-order valence-electron chi connectivity index (χ0n) is 21.6. The van der Waals surface area contributed by atoms with Crippen LogP contribution in [0.25, 0.3) is 0 Å². The monoisotopic (exact) mass is 542 g/mol. The summed E-state index contributed by atoms with van der Waals surface area (Å²) >= 11 is 0. The van der Waals surface area contributed by atoms with Gasteiger partial charge in [0.05, 0.1) is 14.8 Å². The van der Waals surface area contributed by atoms with Crippen LogP contribution in [0.3, 0.4) is 0 Å². The van der Waals surface area contributed by atoms with Gasteiger partial charge in [-0.2, -0.15) is 0 Å². The summed E-state index contributed by atoms with van der Waals surface area (Å²) in [6, 6.07) is 40.1. The first-order valence-electron chi connectivity index (χ1n) is 13.1. The van der Waals surface area contributed by atoms with Gasteiger partial charge >= 0.3 is 0 Å². The van der Waals surface area contributed by atoms with Crippen molar-refractivity contribution < 1.29 is 28.2 Å². The number of hydrogen-bond acceptors (Lipinski definition) is 6. The van der Waals surface area contributed by atoms with E-state index in [1.165, 1.54) is 0 Å². The van der Waals surface area contributed by atoms with Crippen molar-refractivity contribution >= 4 is 18.8 Å². The Morgan fingerprint density at radius 2 is 1.23 bits per heavy atom. The molecule has 7 heteroatoms. The van der Waals surface area contributed by atoms with E-state index in [0.717, 1.165) is 16.2 Å². The summed E-state index contributed by atoms with van der Waals surface area (Å²) in [6.07, 6.45) is -3.12. The minimum absolute atomic E-state index is 0.345. The molecule has 0 bridgehead atoms. The Labute approximate surface area is 230 Å². The van der Waals surface area contributed by atoms with Crippen LogP contribution in [0.2, 0.25) is 0 Å². The molecule has 6 nitrogen and oxygen atoms in total. The third-order valence-electron chi connectivity index (χ3n) is 6.83. The lowest BCUT2D eigenvalue weighted by molar-refractivity contribution is -0.349. The predicted octanol–water partition coefficient (Wildman–Crippen LogP) is 5.35. The zero-order chi connectivity index (χ0) is 26.4. The third kappa shape index (κ3) is 5.92. The Hall–Kier alpha value is -3.09. The average molecular weight is 543 g/mol. The molecule has 0 spiro atoms. The molecule has 6 rings (SSSR count). The van der Waals surface area contributed by atoms with Crippen LogP contribution in [-0.2, 0) is 23.5 Å². The smallest absolute Gasteiger partial charge is 0.229 e. The molecular formula is C32H31O6P. The first kappa shape index (κ1) is 26.1. The fourth-order valence-corrected chi connectivity index (χ4v) is 6.84. The van der Waals surface area contributed by atoms with E-state index in [1.54, 1.807) is 7.11 Å². The molecule has 39 heavy (non-hydrogen) atoms. The molecular weight excluding hydrogens is 511 g/mol. The van der Waals surface area contributed by atoms with Crippen LogP contribution in [0, 0.1) is 0 Å². The van der Waals surface area contributed by atoms with Gasteiger partial charge in [-0.3, -0.25) is 0 Å². The molecule has 2 aliphatic rings. The fourth-order valence-electron chi connectivity index (χ4n) is 4.95. The zero-order valence-corrected chi connectivity index (χ0v) is 22.5. The molecule has 0 amide bonds. The van der Waals surface area contributed by atoms with Crippen LogP contribution in [0.5, 0.6) is 5.75 Å². The van der Waals surface area contributed by atoms with Crippen molar-refractivity contribution in [3.8, 4) is 5.75 Å². The number of para-hydroxylation sites is 1. The summed E-state index contributed by atoms with van der Waals surface area (Å²) in [5.74, 6) is 0.688. The Bertz CT molecular complexity index is 1250. The normalized spacial score (nSPS) is 26.6. The highest BCUT2D eigenvalue weighted by molar-refractivity contribution is 7.68. The van der Waals surface area contributed by atoms with Gasteiger partial charge in [-0.25, -0.2) is 0 Å². The molecule has 0 N–H and O–H groups in total. The minimum atomic E-state index is -1.21. The Kier molecular flexibility index (Phi) is 8.31. The standard InChI is InChI=1S/C32H31O6P/c1-33-29-28-27(22-34-31(37-28)23-14-6-2-7-15-23)36-32(35-24-16-8-3-9-17-24)30(29)38-39(25-18-10-4-11-19-25)26-20-12-5-13-21-26/h2-21,27-32H,22H2,1H3. The summed E-state index contributed by atoms with van der Waals surface area (Å²) in [6.45, 7) is 0.345. The van der Waals surface area contributed by atoms with Crippen molar-refractivity contribution in [2.75, 3.05) is 13.7 Å². The lowest BCUT2D eigenvalue weighted by Gasteiger charge is -2.49. The van der Waals surface area contributed by atoms with Gasteiger partial charge in [0.2, 0.25) is 6.29 Å². The Balaban J connectivity index is 1.34. The van der Waals surface area contributed by atoms with Gasteiger partial charge in [-0.05, 0) is 12.1 Å². The summed E-state index contributed by atoms with van der Waals surface area (Å²) in [7, 11) is 0.474. The van der Waals surface area contributed by atoms with E-state index in [4.69, 9.17) is 28.2 Å². The first-order valence-corrected chi connectivity index (χ1v) is 14.3. The molecule has 2 fully saturated rings. The van der Waals surface area contributed by atoms with Crippen LogP contribution < -0.4 is 15.3 Å². The quantitative estimate of drug-likeness (QED) is 0.280. The van der Waals surface area contributed by atoms with Gasteiger partial charge in [0.25, 0.3) is 0 Å². The molecule has 0 aliphatic carbocycles. The molecule has 0 saturated carbocycles. The lowest BCUT2D eigenvalue weighted by Crippen LogP contribution is -2.64. The maximum absolute atomic E-state index is 7.01. The van der Waals surface area contributed by atoms with Crippen molar-refractivity contribution in [1.29, 1.82) is 0 Å². The highest BCUT2D eigenvalue weighted by Crippen LogP contribution is 2.43.